The molecule has 6 heteroatoms. The van der Waals surface area contributed by atoms with Crippen molar-refractivity contribution in [2.45, 2.75) is 45.6 Å². The third-order valence-corrected chi connectivity index (χ3v) is 5.84. The molecule has 2 rings (SSSR count). The Kier molecular flexibility index (Phi) is 6.47. The maximum Gasteiger partial charge on any atom is 0.211 e. The maximum atomic E-state index is 12.0. The Balaban J connectivity index is 1.64. The van der Waals surface area contributed by atoms with Gasteiger partial charge in [0.05, 0.1) is 11.9 Å². The lowest BCUT2D eigenvalue weighted by Gasteiger charge is -2.34. The molecule has 21 heavy (non-hydrogen) atoms. The molecular weight excluding hydrogens is 288 g/mol. The van der Waals surface area contributed by atoms with Crippen LogP contribution in [0.1, 0.15) is 39.5 Å². The number of nitrogens with zero attached hydrogens (tertiary/aromatic N) is 1. The highest BCUT2D eigenvalue weighted by Gasteiger charge is 2.22. The first kappa shape index (κ1) is 17.2. The summed E-state index contributed by atoms with van der Waals surface area (Å²) in [6.45, 7) is 8.83. The van der Waals surface area contributed by atoms with Crippen molar-refractivity contribution in [1.82, 2.24) is 9.62 Å². The molecule has 2 aliphatic rings. The van der Waals surface area contributed by atoms with Gasteiger partial charge in [0.15, 0.2) is 0 Å². The SMILES string of the molecule is C[C@@H]1C[C@@H](C)CN(CCNS(=O)(=O)CC[C@H]2CCCO2)C1. The molecule has 0 radical (unpaired) electrons. The van der Waals surface area contributed by atoms with E-state index in [1.54, 1.807) is 0 Å². The van der Waals surface area contributed by atoms with Crippen LogP contribution < -0.4 is 4.72 Å². The van der Waals surface area contributed by atoms with Crippen LogP contribution in [0.15, 0.2) is 0 Å². The van der Waals surface area contributed by atoms with Crippen LogP contribution >= 0.6 is 0 Å². The molecule has 0 aromatic carbocycles. The number of piperidine rings is 1. The van der Waals surface area contributed by atoms with Crippen LogP contribution in [0, 0.1) is 11.8 Å². The van der Waals surface area contributed by atoms with Gasteiger partial charge in [-0.3, -0.25) is 0 Å². The summed E-state index contributed by atoms with van der Waals surface area (Å²) in [5.74, 6) is 1.61. The van der Waals surface area contributed by atoms with E-state index in [2.05, 4.69) is 23.5 Å². The predicted octanol–water partition coefficient (Wildman–Crippen LogP) is 1.45. The van der Waals surface area contributed by atoms with Crippen molar-refractivity contribution in [3.05, 3.63) is 0 Å². The monoisotopic (exact) mass is 318 g/mol. The lowest BCUT2D eigenvalue weighted by Crippen LogP contribution is -2.43. The van der Waals surface area contributed by atoms with Crippen LogP contribution in [0.3, 0.4) is 0 Å². The quantitative estimate of drug-likeness (QED) is 0.772. The second kappa shape index (κ2) is 7.90. The second-order valence-corrected chi connectivity index (χ2v) is 8.77. The minimum Gasteiger partial charge on any atom is -0.378 e. The van der Waals surface area contributed by atoms with E-state index < -0.39 is 10.0 Å². The van der Waals surface area contributed by atoms with E-state index in [0.29, 0.717) is 24.8 Å². The maximum absolute atomic E-state index is 12.0. The summed E-state index contributed by atoms with van der Waals surface area (Å²) in [6.07, 6.45) is 4.10. The van der Waals surface area contributed by atoms with Gasteiger partial charge in [-0.25, -0.2) is 13.1 Å². The molecule has 0 amide bonds. The molecule has 0 aliphatic carbocycles. The molecule has 2 aliphatic heterocycles. The fraction of sp³-hybridized carbons (Fsp3) is 1.00. The first-order chi connectivity index (χ1) is 9.94. The first-order valence-electron chi connectivity index (χ1n) is 8.26. The van der Waals surface area contributed by atoms with Gasteiger partial charge in [0, 0.05) is 32.8 Å². The highest BCUT2D eigenvalue weighted by atomic mass is 32.2. The normalized spacial score (nSPS) is 31.6. The van der Waals surface area contributed by atoms with Crippen LogP contribution in [0.5, 0.6) is 0 Å². The molecule has 0 aromatic heterocycles. The van der Waals surface area contributed by atoms with Gasteiger partial charge in [0.2, 0.25) is 10.0 Å². The van der Waals surface area contributed by atoms with E-state index in [1.807, 2.05) is 0 Å². The average Bonchev–Trinajstić information content (AvgIpc) is 2.88. The van der Waals surface area contributed by atoms with Crippen LogP contribution in [-0.2, 0) is 14.8 Å². The van der Waals surface area contributed by atoms with Gasteiger partial charge in [-0.1, -0.05) is 13.8 Å². The van der Waals surface area contributed by atoms with Gasteiger partial charge in [-0.05, 0) is 37.5 Å². The summed E-state index contributed by atoms with van der Waals surface area (Å²) in [5, 5.41) is 0. The van der Waals surface area contributed by atoms with E-state index in [-0.39, 0.29) is 11.9 Å². The van der Waals surface area contributed by atoms with Crippen LogP contribution in [0.2, 0.25) is 0 Å². The van der Waals surface area contributed by atoms with E-state index in [4.69, 9.17) is 4.74 Å². The minimum atomic E-state index is -3.15. The summed E-state index contributed by atoms with van der Waals surface area (Å²) < 4.78 is 32.2. The van der Waals surface area contributed by atoms with Crippen LogP contribution in [0.25, 0.3) is 0 Å². The molecule has 2 saturated heterocycles. The molecule has 0 spiro atoms. The molecule has 0 unspecified atom stereocenters. The zero-order valence-electron chi connectivity index (χ0n) is 13.4. The lowest BCUT2D eigenvalue weighted by atomic mass is 9.92. The van der Waals surface area contributed by atoms with Gasteiger partial charge in [0.1, 0.15) is 0 Å². The number of nitrogens with one attached hydrogen (secondary N) is 1. The lowest BCUT2D eigenvalue weighted by molar-refractivity contribution is 0.108. The molecule has 3 atom stereocenters. The smallest absolute Gasteiger partial charge is 0.211 e. The summed E-state index contributed by atoms with van der Waals surface area (Å²) in [5.41, 5.74) is 0. The third kappa shape index (κ3) is 6.22. The predicted molar refractivity (Wildman–Crippen MR) is 84.8 cm³/mol. The van der Waals surface area contributed by atoms with Gasteiger partial charge in [-0.15, -0.1) is 0 Å². The van der Waals surface area contributed by atoms with E-state index in [1.165, 1.54) is 6.42 Å². The van der Waals surface area contributed by atoms with Crippen molar-refractivity contribution in [3.63, 3.8) is 0 Å². The minimum absolute atomic E-state index is 0.144. The van der Waals surface area contributed by atoms with E-state index in [0.717, 1.165) is 39.1 Å². The van der Waals surface area contributed by atoms with E-state index >= 15 is 0 Å². The Bertz CT molecular complexity index is 397. The zero-order valence-corrected chi connectivity index (χ0v) is 14.2. The van der Waals surface area contributed by atoms with Crippen LogP contribution in [-0.4, -0.2) is 58.0 Å². The summed E-state index contributed by atoms with van der Waals surface area (Å²) in [7, 11) is -3.15. The first-order valence-corrected chi connectivity index (χ1v) is 9.91. The largest absolute Gasteiger partial charge is 0.378 e. The molecule has 2 fully saturated rings. The van der Waals surface area contributed by atoms with Gasteiger partial charge in [-0.2, -0.15) is 0 Å². The molecule has 5 nitrogen and oxygen atoms in total. The Hall–Kier alpha value is -0.170. The number of hydrogen-bond acceptors (Lipinski definition) is 4. The molecular formula is C15H30N2O3S. The summed E-state index contributed by atoms with van der Waals surface area (Å²) >= 11 is 0. The Morgan fingerprint density at radius 1 is 1.24 bits per heavy atom. The number of likely N-dealkylation sites (tertiary alicyclic amines) is 1. The van der Waals surface area contributed by atoms with Crippen molar-refractivity contribution >= 4 is 10.0 Å². The summed E-state index contributed by atoms with van der Waals surface area (Å²) in [6, 6.07) is 0. The standard InChI is InChI=1S/C15H30N2O3S/c1-13-10-14(2)12-17(11-13)7-6-16-21(18,19)9-5-15-4-3-8-20-15/h13-16H,3-12H2,1-2H3/t13-,14-,15-/m1/s1. The Labute approximate surface area is 129 Å². The summed E-state index contributed by atoms with van der Waals surface area (Å²) in [4.78, 5) is 2.38. The molecule has 124 valence electrons. The van der Waals surface area contributed by atoms with Crippen molar-refractivity contribution < 1.29 is 13.2 Å². The molecule has 2 heterocycles. The van der Waals surface area contributed by atoms with E-state index in [9.17, 15) is 8.42 Å². The van der Waals surface area contributed by atoms with Gasteiger partial charge in [0.25, 0.3) is 0 Å². The highest BCUT2D eigenvalue weighted by molar-refractivity contribution is 7.89. The van der Waals surface area contributed by atoms with Crippen molar-refractivity contribution in [1.29, 1.82) is 0 Å². The van der Waals surface area contributed by atoms with Gasteiger partial charge < -0.3 is 9.64 Å². The van der Waals surface area contributed by atoms with Gasteiger partial charge >= 0.3 is 0 Å². The number of ether oxygens (including phenoxy) is 1. The molecule has 0 aromatic rings. The molecule has 1 N–H and O–H groups in total. The van der Waals surface area contributed by atoms with Crippen molar-refractivity contribution in [2.24, 2.45) is 11.8 Å². The zero-order chi connectivity index (χ0) is 15.3. The fourth-order valence-corrected chi connectivity index (χ4v) is 4.68. The van der Waals surface area contributed by atoms with Crippen molar-refractivity contribution in [2.75, 3.05) is 38.5 Å². The number of rotatable bonds is 7. The highest BCUT2D eigenvalue weighted by Crippen LogP contribution is 2.20. The Morgan fingerprint density at radius 2 is 1.95 bits per heavy atom. The Morgan fingerprint density at radius 3 is 2.57 bits per heavy atom. The van der Waals surface area contributed by atoms with Crippen LogP contribution in [0.4, 0.5) is 0 Å². The molecule has 0 saturated carbocycles. The third-order valence-electron chi connectivity index (χ3n) is 4.43. The molecule has 0 bridgehead atoms. The number of sulfonamides is 1. The second-order valence-electron chi connectivity index (χ2n) is 6.84. The topological polar surface area (TPSA) is 58.6 Å². The number of hydrogen-bond donors (Lipinski definition) is 1. The average molecular weight is 318 g/mol. The fourth-order valence-electron chi connectivity index (χ4n) is 3.56. The van der Waals surface area contributed by atoms with Crippen molar-refractivity contribution in [3.8, 4) is 0 Å².